The number of pyridine rings is 1. The van der Waals surface area contributed by atoms with Crippen LogP contribution in [0.15, 0.2) is 18.3 Å². The van der Waals surface area contributed by atoms with E-state index in [9.17, 15) is 0 Å². The maximum Gasteiger partial charge on any atom is 0.129 e. The van der Waals surface area contributed by atoms with Crippen molar-refractivity contribution < 1.29 is 0 Å². The van der Waals surface area contributed by atoms with Gasteiger partial charge in [-0.25, -0.2) is 4.98 Å². The van der Waals surface area contributed by atoms with Gasteiger partial charge in [-0.3, -0.25) is 0 Å². The minimum atomic E-state index is 0.0282. The molecule has 2 nitrogen and oxygen atoms in total. The average Bonchev–Trinajstić information content (AvgIpc) is 1.88. The van der Waals surface area contributed by atoms with Crippen molar-refractivity contribution in [2.24, 2.45) is 5.73 Å². The fraction of sp³-hybridized carbons (Fsp3) is 0.286. The summed E-state index contributed by atoms with van der Waals surface area (Å²) in [5.74, 6) is 0. The molecular formula is C7H9ClN2. The van der Waals surface area contributed by atoms with Crippen LogP contribution in [0.25, 0.3) is 0 Å². The van der Waals surface area contributed by atoms with Crippen molar-refractivity contribution in [1.29, 1.82) is 0 Å². The van der Waals surface area contributed by atoms with Crippen LogP contribution in [-0.4, -0.2) is 4.98 Å². The molecule has 0 unspecified atom stereocenters. The van der Waals surface area contributed by atoms with Crippen LogP contribution in [0.4, 0.5) is 0 Å². The number of nitrogens with two attached hydrogens (primary N) is 1. The Labute approximate surface area is 65.0 Å². The zero-order valence-corrected chi connectivity index (χ0v) is 6.47. The average molecular weight is 157 g/mol. The molecule has 54 valence electrons. The zero-order valence-electron chi connectivity index (χ0n) is 5.71. The predicted octanol–water partition coefficient (Wildman–Crippen LogP) is 1.75. The Hall–Kier alpha value is -0.600. The van der Waals surface area contributed by atoms with Gasteiger partial charge in [-0.15, -0.1) is 0 Å². The first-order valence-electron chi connectivity index (χ1n) is 3.07. The summed E-state index contributed by atoms with van der Waals surface area (Å²) in [5.41, 5.74) is 6.61. The second kappa shape index (κ2) is 2.99. The smallest absolute Gasteiger partial charge is 0.129 e. The molecule has 1 rings (SSSR count). The van der Waals surface area contributed by atoms with Crippen LogP contribution in [-0.2, 0) is 0 Å². The van der Waals surface area contributed by atoms with Crippen LogP contribution >= 0.6 is 11.6 Å². The predicted molar refractivity (Wildman–Crippen MR) is 41.8 cm³/mol. The molecule has 1 atom stereocenters. The lowest BCUT2D eigenvalue weighted by Crippen LogP contribution is -2.04. The molecule has 1 heterocycles. The minimum absolute atomic E-state index is 0.0282. The quantitative estimate of drug-likeness (QED) is 0.630. The first-order chi connectivity index (χ1) is 4.70. The molecule has 0 aliphatic carbocycles. The molecule has 0 amide bonds. The van der Waals surface area contributed by atoms with E-state index < -0.39 is 0 Å². The summed E-state index contributed by atoms with van der Waals surface area (Å²) < 4.78 is 0. The van der Waals surface area contributed by atoms with E-state index in [1.807, 2.05) is 13.0 Å². The number of hydrogen-bond acceptors (Lipinski definition) is 2. The molecular weight excluding hydrogens is 148 g/mol. The van der Waals surface area contributed by atoms with E-state index in [2.05, 4.69) is 4.98 Å². The van der Waals surface area contributed by atoms with E-state index in [0.717, 1.165) is 5.56 Å². The normalized spacial score (nSPS) is 13.1. The highest BCUT2D eigenvalue weighted by Crippen LogP contribution is 2.12. The van der Waals surface area contributed by atoms with Gasteiger partial charge in [0.1, 0.15) is 5.15 Å². The highest BCUT2D eigenvalue weighted by Gasteiger charge is 1.98. The fourth-order valence-electron chi connectivity index (χ4n) is 0.701. The summed E-state index contributed by atoms with van der Waals surface area (Å²) in [6, 6.07) is 3.66. The maximum absolute atomic E-state index is 5.62. The minimum Gasteiger partial charge on any atom is -0.324 e. The molecule has 0 saturated carbocycles. The molecule has 0 saturated heterocycles. The van der Waals surface area contributed by atoms with Gasteiger partial charge in [0.25, 0.3) is 0 Å². The fourth-order valence-corrected chi connectivity index (χ4v) is 0.883. The zero-order chi connectivity index (χ0) is 7.56. The Morgan fingerprint density at radius 2 is 2.40 bits per heavy atom. The van der Waals surface area contributed by atoms with Gasteiger partial charge in [0.05, 0.1) is 0 Å². The summed E-state index contributed by atoms with van der Waals surface area (Å²) in [5, 5.41) is 0.495. The molecule has 1 aromatic heterocycles. The highest BCUT2D eigenvalue weighted by atomic mass is 35.5. The standard InChI is InChI=1S/C7H9ClN2/c1-5(9)6-2-3-10-7(8)4-6/h2-5H,9H2,1H3/t5-/m0/s1. The third kappa shape index (κ3) is 1.69. The Bertz CT molecular complexity index is 223. The number of aromatic nitrogens is 1. The van der Waals surface area contributed by atoms with E-state index in [1.165, 1.54) is 0 Å². The maximum atomic E-state index is 5.62. The Balaban J connectivity index is 2.96. The summed E-state index contributed by atoms with van der Waals surface area (Å²) in [4.78, 5) is 3.83. The van der Waals surface area contributed by atoms with Crippen molar-refractivity contribution in [1.82, 2.24) is 4.98 Å². The first kappa shape index (κ1) is 7.51. The van der Waals surface area contributed by atoms with Crippen LogP contribution in [0.1, 0.15) is 18.5 Å². The number of halogens is 1. The van der Waals surface area contributed by atoms with Crippen molar-refractivity contribution >= 4 is 11.6 Å². The number of hydrogen-bond donors (Lipinski definition) is 1. The lowest BCUT2D eigenvalue weighted by Gasteiger charge is -2.03. The molecule has 0 aromatic carbocycles. The molecule has 10 heavy (non-hydrogen) atoms. The van der Waals surface area contributed by atoms with Gasteiger partial charge < -0.3 is 5.73 Å². The Morgan fingerprint density at radius 3 is 2.80 bits per heavy atom. The Morgan fingerprint density at radius 1 is 1.70 bits per heavy atom. The third-order valence-corrected chi connectivity index (χ3v) is 1.48. The van der Waals surface area contributed by atoms with E-state index in [-0.39, 0.29) is 6.04 Å². The molecule has 0 aliphatic rings. The monoisotopic (exact) mass is 156 g/mol. The van der Waals surface area contributed by atoms with Gasteiger partial charge in [0, 0.05) is 12.2 Å². The molecule has 3 heteroatoms. The Kier molecular flexibility index (Phi) is 2.25. The van der Waals surface area contributed by atoms with Crippen molar-refractivity contribution in [3.8, 4) is 0 Å². The molecule has 0 aliphatic heterocycles. The molecule has 0 spiro atoms. The second-order valence-electron chi connectivity index (χ2n) is 2.20. The lowest BCUT2D eigenvalue weighted by molar-refractivity contribution is 0.815. The SMILES string of the molecule is C[C@H](N)c1ccnc(Cl)c1. The van der Waals surface area contributed by atoms with Crippen LogP contribution < -0.4 is 5.73 Å². The van der Waals surface area contributed by atoms with Gasteiger partial charge in [-0.1, -0.05) is 11.6 Å². The van der Waals surface area contributed by atoms with Crippen molar-refractivity contribution in [3.05, 3.63) is 29.0 Å². The molecule has 0 fully saturated rings. The largest absolute Gasteiger partial charge is 0.324 e. The van der Waals surface area contributed by atoms with Gasteiger partial charge in [0.15, 0.2) is 0 Å². The van der Waals surface area contributed by atoms with Crippen molar-refractivity contribution in [2.45, 2.75) is 13.0 Å². The van der Waals surface area contributed by atoms with Crippen molar-refractivity contribution in [2.75, 3.05) is 0 Å². The van der Waals surface area contributed by atoms with E-state index >= 15 is 0 Å². The van der Waals surface area contributed by atoms with E-state index in [4.69, 9.17) is 17.3 Å². The lowest BCUT2D eigenvalue weighted by atomic mass is 10.1. The summed E-state index contributed by atoms with van der Waals surface area (Å²) in [7, 11) is 0. The molecule has 1 aromatic rings. The summed E-state index contributed by atoms with van der Waals surface area (Å²) in [6.45, 7) is 1.91. The van der Waals surface area contributed by atoms with Crippen LogP contribution in [0, 0.1) is 0 Å². The second-order valence-corrected chi connectivity index (χ2v) is 2.59. The van der Waals surface area contributed by atoms with E-state index in [1.54, 1.807) is 12.3 Å². The third-order valence-electron chi connectivity index (χ3n) is 1.28. The van der Waals surface area contributed by atoms with E-state index in [0.29, 0.717) is 5.15 Å². The molecule has 0 bridgehead atoms. The molecule has 2 N–H and O–H groups in total. The van der Waals surface area contributed by atoms with Gasteiger partial charge in [0.2, 0.25) is 0 Å². The van der Waals surface area contributed by atoms with Crippen LogP contribution in [0.5, 0.6) is 0 Å². The van der Waals surface area contributed by atoms with Gasteiger partial charge in [-0.2, -0.15) is 0 Å². The highest BCUT2D eigenvalue weighted by molar-refractivity contribution is 6.29. The summed E-state index contributed by atoms with van der Waals surface area (Å²) >= 11 is 5.62. The van der Waals surface area contributed by atoms with Crippen molar-refractivity contribution in [3.63, 3.8) is 0 Å². The van der Waals surface area contributed by atoms with Gasteiger partial charge >= 0.3 is 0 Å². The van der Waals surface area contributed by atoms with Gasteiger partial charge in [-0.05, 0) is 24.6 Å². The number of rotatable bonds is 1. The molecule has 0 radical (unpaired) electrons. The van der Waals surface area contributed by atoms with Crippen LogP contribution in [0.2, 0.25) is 5.15 Å². The first-order valence-corrected chi connectivity index (χ1v) is 3.45. The topological polar surface area (TPSA) is 38.9 Å². The summed E-state index contributed by atoms with van der Waals surface area (Å²) in [6.07, 6.45) is 1.65. The number of nitrogens with zero attached hydrogens (tertiary/aromatic N) is 1. The van der Waals surface area contributed by atoms with Crippen LogP contribution in [0.3, 0.4) is 0 Å².